The molecule has 1 heterocycles. The lowest BCUT2D eigenvalue weighted by atomic mass is 10.2. The lowest BCUT2D eigenvalue weighted by Crippen LogP contribution is -2.60. The van der Waals surface area contributed by atoms with Crippen LogP contribution in [0.1, 0.15) is 20.8 Å². The van der Waals surface area contributed by atoms with Crippen LogP contribution < -0.4 is 10.0 Å². The Bertz CT molecular complexity index is 360. The monoisotopic (exact) mass is 265 g/mol. The number of hydrogen-bond donors (Lipinski definition) is 2. The van der Waals surface area contributed by atoms with E-state index < -0.39 is 16.3 Å². The van der Waals surface area contributed by atoms with E-state index in [9.17, 15) is 13.2 Å². The van der Waals surface area contributed by atoms with Crippen molar-refractivity contribution in [3.8, 4) is 0 Å². The molecule has 0 bridgehead atoms. The first kappa shape index (κ1) is 14.2. The van der Waals surface area contributed by atoms with Crippen molar-refractivity contribution in [3.05, 3.63) is 0 Å². The molecule has 0 spiro atoms. The first-order chi connectivity index (χ1) is 7.88. The minimum Gasteiger partial charge on any atom is -0.449 e. The van der Waals surface area contributed by atoms with Crippen LogP contribution in [0.15, 0.2) is 0 Å². The Balaban J connectivity index is 2.77. The molecule has 2 unspecified atom stereocenters. The predicted molar refractivity (Wildman–Crippen MR) is 62.7 cm³/mol. The van der Waals surface area contributed by atoms with Gasteiger partial charge in [0.1, 0.15) is 0 Å². The zero-order valence-corrected chi connectivity index (χ0v) is 11.1. The van der Waals surface area contributed by atoms with Gasteiger partial charge < -0.3 is 10.1 Å². The smallest absolute Gasteiger partial charge is 0.421 e. The number of carbonyl (C=O) groups is 1. The molecule has 0 aromatic carbocycles. The summed E-state index contributed by atoms with van der Waals surface area (Å²) in [4.78, 5) is 11.2. The van der Waals surface area contributed by atoms with Crippen LogP contribution in [-0.2, 0) is 14.9 Å². The zero-order chi connectivity index (χ0) is 13.1. The molecule has 1 fully saturated rings. The second-order valence-corrected chi connectivity index (χ2v) is 5.59. The highest BCUT2D eigenvalue weighted by molar-refractivity contribution is 7.87. The topological polar surface area (TPSA) is 87.7 Å². The fraction of sp³-hybridized carbons (Fsp3) is 0.889. The number of nitrogens with zero attached hydrogens (tertiary/aromatic N) is 1. The summed E-state index contributed by atoms with van der Waals surface area (Å²) in [5.41, 5.74) is 0. The van der Waals surface area contributed by atoms with Crippen LogP contribution in [0, 0.1) is 0 Å². The Morgan fingerprint density at radius 3 is 2.41 bits per heavy atom. The number of rotatable bonds is 3. The average molecular weight is 265 g/mol. The maximum Gasteiger partial charge on any atom is 0.421 e. The molecule has 0 aromatic heterocycles. The molecule has 1 aliphatic rings. The van der Waals surface area contributed by atoms with Crippen molar-refractivity contribution in [1.82, 2.24) is 14.3 Å². The lowest BCUT2D eigenvalue weighted by Gasteiger charge is -2.37. The molecule has 0 saturated carbocycles. The van der Waals surface area contributed by atoms with Gasteiger partial charge in [0.2, 0.25) is 0 Å². The maximum atomic E-state index is 12.0. The van der Waals surface area contributed by atoms with E-state index in [0.29, 0.717) is 13.1 Å². The van der Waals surface area contributed by atoms with E-state index in [2.05, 4.69) is 10.1 Å². The van der Waals surface area contributed by atoms with Gasteiger partial charge in [-0.15, -0.1) is 0 Å². The summed E-state index contributed by atoms with van der Waals surface area (Å²) in [6, 6.07) is -0.406. The molecule has 1 rings (SSSR count). The Hall–Kier alpha value is -0.860. The maximum absolute atomic E-state index is 12.0. The van der Waals surface area contributed by atoms with Crippen molar-refractivity contribution in [2.75, 3.05) is 19.7 Å². The normalized spacial score (nSPS) is 26.5. The number of amides is 1. The number of hydrogen-bond acceptors (Lipinski definition) is 5. The molecule has 8 heteroatoms. The van der Waals surface area contributed by atoms with Crippen LogP contribution in [0.25, 0.3) is 0 Å². The zero-order valence-electron chi connectivity index (χ0n) is 10.3. The van der Waals surface area contributed by atoms with Crippen molar-refractivity contribution >= 4 is 16.3 Å². The van der Waals surface area contributed by atoms with Gasteiger partial charge in [-0.25, -0.2) is 9.52 Å². The molecule has 0 radical (unpaired) electrons. The molecular formula is C9H19N3O4S. The molecule has 100 valence electrons. The van der Waals surface area contributed by atoms with Crippen molar-refractivity contribution in [1.29, 1.82) is 0 Å². The van der Waals surface area contributed by atoms with E-state index in [4.69, 9.17) is 0 Å². The molecule has 17 heavy (non-hydrogen) atoms. The summed E-state index contributed by atoms with van der Waals surface area (Å²) in [5, 5.41) is 3.11. The summed E-state index contributed by atoms with van der Waals surface area (Å²) in [6.45, 7) is 6.44. The van der Waals surface area contributed by atoms with Gasteiger partial charge in [0.05, 0.1) is 6.61 Å². The average Bonchev–Trinajstić information content (AvgIpc) is 2.15. The van der Waals surface area contributed by atoms with Gasteiger partial charge in [0.15, 0.2) is 0 Å². The van der Waals surface area contributed by atoms with Crippen LogP contribution in [0.5, 0.6) is 0 Å². The molecule has 1 amide bonds. The van der Waals surface area contributed by atoms with E-state index in [0.717, 1.165) is 0 Å². The van der Waals surface area contributed by atoms with Gasteiger partial charge in [-0.05, 0) is 20.8 Å². The molecule has 7 nitrogen and oxygen atoms in total. The van der Waals surface area contributed by atoms with Gasteiger partial charge in [-0.2, -0.15) is 12.7 Å². The van der Waals surface area contributed by atoms with Crippen molar-refractivity contribution < 1.29 is 17.9 Å². The Labute approximate surface area is 102 Å². The van der Waals surface area contributed by atoms with Crippen LogP contribution >= 0.6 is 0 Å². The predicted octanol–water partition coefficient (Wildman–Crippen LogP) is -0.340. The minimum atomic E-state index is -3.83. The van der Waals surface area contributed by atoms with Crippen LogP contribution in [0.4, 0.5) is 4.79 Å². The molecule has 1 saturated heterocycles. The minimum absolute atomic E-state index is 0.133. The summed E-state index contributed by atoms with van der Waals surface area (Å²) in [5.74, 6) is 0. The SMILES string of the molecule is CCOC(=O)NS(=O)(=O)N1C(C)CNCC1C. The van der Waals surface area contributed by atoms with Crippen molar-refractivity contribution in [3.63, 3.8) is 0 Å². The fourth-order valence-corrected chi connectivity index (χ4v) is 3.38. The Morgan fingerprint density at radius 2 is 1.94 bits per heavy atom. The summed E-state index contributed by atoms with van der Waals surface area (Å²) in [7, 11) is -3.83. The largest absolute Gasteiger partial charge is 0.449 e. The Morgan fingerprint density at radius 1 is 1.41 bits per heavy atom. The third-order valence-corrected chi connectivity index (χ3v) is 4.21. The molecule has 2 N–H and O–H groups in total. The Kier molecular flexibility index (Phi) is 4.72. The fourth-order valence-electron chi connectivity index (χ4n) is 1.91. The number of ether oxygens (including phenoxy) is 1. The van der Waals surface area contributed by atoms with E-state index in [1.54, 1.807) is 20.8 Å². The molecule has 0 aliphatic carbocycles. The standard InChI is InChI=1S/C9H19N3O4S/c1-4-16-9(13)11-17(14,15)12-7(2)5-10-6-8(12)3/h7-8,10H,4-6H2,1-3H3,(H,11,13). The number of piperazine rings is 1. The second kappa shape index (κ2) is 5.65. The molecule has 1 aliphatic heterocycles. The van der Waals surface area contributed by atoms with Crippen LogP contribution in [0.3, 0.4) is 0 Å². The first-order valence-corrected chi connectivity index (χ1v) is 7.01. The lowest BCUT2D eigenvalue weighted by molar-refractivity contribution is 0.156. The summed E-state index contributed by atoms with van der Waals surface area (Å²) in [6.07, 6.45) is -0.939. The third-order valence-electron chi connectivity index (χ3n) is 2.51. The van der Waals surface area contributed by atoms with Gasteiger partial charge in [-0.3, -0.25) is 0 Å². The highest BCUT2D eigenvalue weighted by atomic mass is 32.2. The van der Waals surface area contributed by atoms with Crippen molar-refractivity contribution in [2.24, 2.45) is 0 Å². The summed E-state index contributed by atoms with van der Waals surface area (Å²) < 4.78 is 31.7. The first-order valence-electron chi connectivity index (χ1n) is 5.57. The van der Waals surface area contributed by atoms with Gasteiger partial charge in [-0.1, -0.05) is 0 Å². The van der Waals surface area contributed by atoms with Gasteiger partial charge in [0, 0.05) is 25.2 Å². The highest BCUT2D eigenvalue weighted by Gasteiger charge is 2.35. The number of carbonyl (C=O) groups excluding carboxylic acids is 1. The molecule has 2 atom stereocenters. The van der Waals surface area contributed by atoms with E-state index in [-0.39, 0.29) is 18.7 Å². The van der Waals surface area contributed by atoms with Gasteiger partial charge >= 0.3 is 16.3 Å². The van der Waals surface area contributed by atoms with Crippen LogP contribution in [-0.4, -0.2) is 50.6 Å². The third kappa shape index (κ3) is 3.55. The highest BCUT2D eigenvalue weighted by Crippen LogP contribution is 2.13. The second-order valence-electron chi connectivity index (χ2n) is 4.01. The molecular weight excluding hydrogens is 246 g/mol. The van der Waals surface area contributed by atoms with E-state index >= 15 is 0 Å². The van der Waals surface area contributed by atoms with Crippen LogP contribution in [0.2, 0.25) is 0 Å². The molecule has 0 aromatic rings. The van der Waals surface area contributed by atoms with E-state index in [1.807, 2.05) is 4.72 Å². The quantitative estimate of drug-likeness (QED) is 0.729. The summed E-state index contributed by atoms with van der Waals surface area (Å²) >= 11 is 0. The van der Waals surface area contributed by atoms with Crippen molar-refractivity contribution in [2.45, 2.75) is 32.9 Å². The van der Waals surface area contributed by atoms with E-state index in [1.165, 1.54) is 4.31 Å². The number of nitrogens with one attached hydrogen (secondary N) is 2. The van der Waals surface area contributed by atoms with Gasteiger partial charge in [0.25, 0.3) is 0 Å².